The van der Waals surface area contributed by atoms with Crippen LogP contribution in [0.1, 0.15) is 56.3 Å². The number of ether oxygens (including phenoxy) is 3. The first-order valence-corrected chi connectivity index (χ1v) is 11.3. The maximum Gasteiger partial charge on any atom is 0.338 e. The molecule has 0 amide bonds. The molecule has 0 aliphatic heterocycles. The van der Waals surface area contributed by atoms with Gasteiger partial charge in [0.15, 0.2) is 0 Å². The van der Waals surface area contributed by atoms with Crippen molar-refractivity contribution >= 4 is 11.9 Å². The van der Waals surface area contributed by atoms with Gasteiger partial charge in [-0.3, -0.25) is 0 Å². The highest BCUT2D eigenvalue weighted by Crippen LogP contribution is 2.23. The van der Waals surface area contributed by atoms with E-state index in [2.05, 4.69) is 20.4 Å². The number of hydrogen-bond donors (Lipinski definition) is 0. The average molecular weight is 439 g/mol. The van der Waals surface area contributed by atoms with Crippen LogP contribution >= 0.6 is 0 Å². The Labute approximate surface area is 191 Å². The molecule has 0 aliphatic rings. The van der Waals surface area contributed by atoms with Crippen LogP contribution < -0.4 is 4.74 Å². The lowest BCUT2D eigenvalue weighted by Gasteiger charge is -2.10. The fourth-order valence-electron chi connectivity index (χ4n) is 2.94. The van der Waals surface area contributed by atoms with E-state index >= 15 is 0 Å². The van der Waals surface area contributed by atoms with Crippen molar-refractivity contribution in [1.29, 1.82) is 0 Å². The van der Waals surface area contributed by atoms with E-state index < -0.39 is 0 Å². The number of hydrogen-bond acceptors (Lipinski definition) is 5. The summed E-state index contributed by atoms with van der Waals surface area (Å²) in [5, 5.41) is 0. The zero-order valence-electron chi connectivity index (χ0n) is 19.2. The molecule has 0 bridgehead atoms. The molecule has 0 radical (unpaired) electrons. The summed E-state index contributed by atoms with van der Waals surface area (Å²) in [4.78, 5) is 23.1. The van der Waals surface area contributed by atoms with Gasteiger partial charge in [0, 0.05) is 6.08 Å². The number of carbonyl (C=O) groups excluding carboxylic acids is 2. The van der Waals surface area contributed by atoms with Crippen molar-refractivity contribution in [3.05, 3.63) is 66.7 Å². The third-order valence-corrected chi connectivity index (χ3v) is 5.22. The molecular weight excluding hydrogens is 404 g/mol. The highest BCUT2D eigenvalue weighted by Gasteiger charge is 2.09. The van der Waals surface area contributed by atoms with Crippen LogP contribution in [0.15, 0.2) is 61.2 Å². The van der Waals surface area contributed by atoms with Crippen LogP contribution in [0.3, 0.4) is 0 Å². The Kier molecular flexibility index (Phi) is 11.1. The number of benzene rings is 2. The predicted octanol–water partition coefficient (Wildman–Crippen LogP) is 6.22. The lowest BCUT2D eigenvalue weighted by atomic mass is 10.0. The molecule has 1 unspecified atom stereocenters. The molecule has 32 heavy (non-hydrogen) atoms. The van der Waals surface area contributed by atoms with E-state index in [0.717, 1.165) is 49.0 Å². The summed E-state index contributed by atoms with van der Waals surface area (Å²) < 4.78 is 16.1. The van der Waals surface area contributed by atoms with Gasteiger partial charge in [0.1, 0.15) is 5.75 Å². The molecule has 1 atom stereocenters. The van der Waals surface area contributed by atoms with Crippen LogP contribution in [0.5, 0.6) is 5.75 Å². The van der Waals surface area contributed by atoms with Crippen molar-refractivity contribution < 1.29 is 23.8 Å². The van der Waals surface area contributed by atoms with Gasteiger partial charge in [-0.2, -0.15) is 0 Å². The number of carbonyl (C=O) groups is 2. The zero-order valence-corrected chi connectivity index (χ0v) is 19.2. The van der Waals surface area contributed by atoms with Gasteiger partial charge < -0.3 is 14.2 Å². The largest absolute Gasteiger partial charge is 0.494 e. The standard InChI is InChI=1S/C27H34O5/c1-4-21(3)20-32-27(29)24-12-10-22(11-13-24)23-14-16-25(17-15-23)30-18-8-6-7-9-19-31-26(28)5-2/h5,10-17,21H,2,4,6-9,18-20H2,1,3H3. The van der Waals surface area contributed by atoms with Crippen LogP contribution in [0.25, 0.3) is 11.1 Å². The fourth-order valence-corrected chi connectivity index (χ4v) is 2.94. The summed E-state index contributed by atoms with van der Waals surface area (Å²) in [7, 11) is 0. The normalized spacial score (nSPS) is 11.4. The molecule has 2 aromatic carbocycles. The Morgan fingerprint density at radius 2 is 1.47 bits per heavy atom. The summed E-state index contributed by atoms with van der Waals surface area (Å²) in [6.45, 7) is 9.05. The lowest BCUT2D eigenvalue weighted by Crippen LogP contribution is -2.11. The first-order valence-electron chi connectivity index (χ1n) is 11.3. The molecule has 2 aromatic rings. The Morgan fingerprint density at radius 3 is 2.06 bits per heavy atom. The fraction of sp³-hybridized carbons (Fsp3) is 0.407. The predicted molar refractivity (Wildman–Crippen MR) is 127 cm³/mol. The number of esters is 2. The second-order valence-corrected chi connectivity index (χ2v) is 7.85. The quantitative estimate of drug-likeness (QED) is 0.199. The molecule has 0 heterocycles. The van der Waals surface area contributed by atoms with Gasteiger partial charge in [0.25, 0.3) is 0 Å². The van der Waals surface area contributed by atoms with Crippen LogP contribution in [0.2, 0.25) is 0 Å². The summed E-state index contributed by atoms with van der Waals surface area (Å²) in [6, 6.07) is 15.4. The van der Waals surface area contributed by atoms with Gasteiger partial charge in [0.05, 0.1) is 25.4 Å². The van der Waals surface area contributed by atoms with Crippen molar-refractivity contribution in [2.45, 2.75) is 46.0 Å². The number of unbranched alkanes of at least 4 members (excludes halogenated alkanes) is 3. The van der Waals surface area contributed by atoms with Crippen LogP contribution in [-0.2, 0) is 14.3 Å². The molecular formula is C27H34O5. The van der Waals surface area contributed by atoms with Gasteiger partial charge in [0.2, 0.25) is 0 Å². The first-order chi connectivity index (χ1) is 15.5. The SMILES string of the molecule is C=CC(=O)OCCCCCCOc1ccc(-c2ccc(C(=O)OCC(C)CC)cc2)cc1. The molecule has 172 valence electrons. The van der Waals surface area contributed by atoms with Crippen molar-refractivity contribution in [3.63, 3.8) is 0 Å². The monoisotopic (exact) mass is 438 g/mol. The molecule has 0 aromatic heterocycles. The molecule has 0 N–H and O–H groups in total. The Hall–Kier alpha value is -3.08. The number of rotatable bonds is 14. The van der Waals surface area contributed by atoms with E-state index in [0.29, 0.717) is 31.3 Å². The average Bonchev–Trinajstić information content (AvgIpc) is 2.84. The summed E-state index contributed by atoms with van der Waals surface area (Å²) in [5.74, 6) is 0.553. The highest BCUT2D eigenvalue weighted by atomic mass is 16.5. The van der Waals surface area contributed by atoms with E-state index in [4.69, 9.17) is 14.2 Å². The van der Waals surface area contributed by atoms with E-state index in [-0.39, 0.29) is 11.9 Å². The van der Waals surface area contributed by atoms with Crippen molar-refractivity contribution in [2.24, 2.45) is 5.92 Å². The topological polar surface area (TPSA) is 61.8 Å². The molecule has 2 rings (SSSR count). The van der Waals surface area contributed by atoms with Crippen LogP contribution in [0, 0.1) is 5.92 Å². The summed E-state index contributed by atoms with van der Waals surface area (Å²) in [6.07, 6.45) is 5.99. The Bertz CT molecular complexity index is 839. The molecule has 0 fully saturated rings. The molecule has 5 nitrogen and oxygen atoms in total. The van der Waals surface area contributed by atoms with Crippen molar-refractivity contribution in [2.75, 3.05) is 19.8 Å². The molecule has 5 heteroatoms. The third-order valence-electron chi connectivity index (χ3n) is 5.22. The van der Waals surface area contributed by atoms with E-state index in [9.17, 15) is 9.59 Å². The maximum absolute atomic E-state index is 12.1. The molecule has 0 spiro atoms. The summed E-state index contributed by atoms with van der Waals surface area (Å²) in [5.41, 5.74) is 2.66. The second-order valence-electron chi connectivity index (χ2n) is 7.85. The minimum atomic E-state index is -0.368. The summed E-state index contributed by atoms with van der Waals surface area (Å²) >= 11 is 0. The second kappa shape index (κ2) is 14.1. The van der Waals surface area contributed by atoms with E-state index in [1.807, 2.05) is 36.4 Å². The van der Waals surface area contributed by atoms with E-state index in [1.165, 1.54) is 6.08 Å². The lowest BCUT2D eigenvalue weighted by molar-refractivity contribution is -0.137. The van der Waals surface area contributed by atoms with Crippen LogP contribution in [0.4, 0.5) is 0 Å². The van der Waals surface area contributed by atoms with Gasteiger partial charge in [-0.15, -0.1) is 0 Å². The van der Waals surface area contributed by atoms with Gasteiger partial charge in [-0.25, -0.2) is 9.59 Å². The van der Waals surface area contributed by atoms with Gasteiger partial charge in [-0.05, 0) is 67.0 Å². The minimum absolute atomic E-state index is 0.279. The van der Waals surface area contributed by atoms with E-state index in [1.54, 1.807) is 12.1 Å². The van der Waals surface area contributed by atoms with Crippen LogP contribution in [-0.4, -0.2) is 31.8 Å². The van der Waals surface area contributed by atoms with Gasteiger partial charge >= 0.3 is 11.9 Å². The molecule has 0 saturated carbocycles. The molecule has 0 saturated heterocycles. The van der Waals surface area contributed by atoms with Crippen molar-refractivity contribution in [1.82, 2.24) is 0 Å². The Balaban J connectivity index is 1.71. The maximum atomic E-state index is 12.1. The highest BCUT2D eigenvalue weighted by molar-refractivity contribution is 5.90. The smallest absolute Gasteiger partial charge is 0.338 e. The Morgan fingerprint density at radius 1 is 0.875 bits per heavy atom. The van der Waals surface area contributed by atoms with Gasteiger partial charge in [-0.1, -0.05) is 51.1 Å². The first kappa shape index (κ1) is 25.2. The molecule has 0 aliphatic carbocycles. The minimum Gasteiger partial charge on any atom is -0.494 e. The zero-order chi connectivity index (χ0) is 23.2. The van der Waals surface area contributed by atoms with Crippen molar-refractivity contribution in [3.8, 4) is 16.9 Å². The third kappa shape index (κ3) is 8.96.